The summed E-state index contributed by atoms with van der Waals surface area (Å²) in [7, 11) is 0. The topological polar surface area (TPSA) is 51.5 Å². The van der Waals surface area contributed by atoms with Crippen molar-refractivity contribution in [1.29, 1.82) is 5.41 Å². The second-order valence-corrected chi connectivity index (χ2v) is 4.52. The molecule has 0 saturated heterocycles. The largest absolute Gasteiger partial charge is 0.355 e. The minimum atomic E-state index is -0.109. The van der Waals surface area contributed by atoms with Crippen molar-refractivity contribution < 1.29 is 0 Å². The smallest absolute Gasteiger partial charge is 0.118 e. The van der Waals surface area contributed by atoms with Crippen molar-refractivity contribution in [3.8, 4) is 0 Å². The van der Waals surface area contributed by atoms with Crippen molar-refractivity contribution in [3.05, 3.63) is 35.7 Å². The van der Waals surface area contributed by atoms with Crippen LogP contribution in [-0.2, 0) is 0 Å². The molecule has 104 valence electrons. The number of rotatable bonds is 6. The van der Waals surface area contributed by atoms with E-state index in [9.17, 15) is 0 Å². The summed E-state index contributed by atoms with van der Waals surface area (Å²) in [6.07, 6.45) is 7.91. The summed E-state index contributed by atoms with van der Waals surface area (Å²) < 4.78 is 0. The third kappa shape index (κ3) is 3.13. The number of nitrogens with zero attached hydrogens (tertiary/aromatic N) is 2. The Morgan fingerprint density at radius 1 is 1.58 bits per heavy atom. The molecule has 0 aromatic rings. The van der Waals surface area contributed by atoms with Gasteiger partial charge in [0.1, 0.15) is 6.17 Å². The average molecular weight is 260 g/mol. The summed E-state index contributed by atoms with van der Waals surface area (Å²) in [6.45, 7) is 12.3. The molecule has 0 radical (unpaired) electrons. The van der Waals surface area contributed by atoms with Gasteiger partial charge in [-0.3, -0.25) is 10.4 Å². The van der Waals surface area contributed by atoms with E-state index >= 15 is 0 Å². The van der Waals surface area contributed by atoms with Crippen LogP contribution in [0.5, 0.6) is 0 Å². The highest BCUT2D eigenvalue weighted by Crippen LogP contribution is 2.37. The molecule has 4 nitrogen and oxygen atoms in total. The summed E-state index contributed by atoms with van der Waals surface area (Å²) in [6, 6.07) is 0. The Morgan fingerprint density at radius 3 is 2.74 bits per heavy atom. The van der Waals surface area contributed by atoms with Crippen molar-refractivity contribution in [2.45, 2.75) is 40.3 Å². The van der Waals surface area contributed by atoms with E-state index in [1.54, 1.807) is 0 Å². The van der Waals surface area contributed by atoms with Crippen LogP contribution >= 0.6 is 0 Å². The van der Waals surface area contributed by atoms with Crippen LogP contribution in [0.1, 0.15) is 34.1 Å². The predicted octanol–water partition coefficient (Wildman–Crippen LogP) is 3.26. The molecule has 0 amide bonds. The SMILES string of the molecule is C=CC1=C(CC)C(C)/C(=C\C)N1C=NC(C)NC=N. The third-order valence-corrected chi connectivity index (χ3v) is 3.43. The van der Waals surface area contributed by atoms with Crippen molar-refractivity contribution in [3.63, 3.8) is 0 Å². The molecule has 2 unspecified atom stereocenters. The Morgan fingerprint density at radius 2 is 2.26 bits per heavy atom. The number of allylic oxidation sites excluding steroid dienone is 3. The summed E-state index contributed by atoms with van der Waals surface area (Å²) in [4.78, 5) is 6.51. The lowest BCUT2D eigenvalue weighted by Gasteiger charge is -2.19. The van der Waals surface area contributed by atoms with Crippen molar-refractivity contribution in [2.75, 3.05) is 0 Å². The van der Waals surface area contributed by atoms with Gasteiger partial charge in [0.15, 0.2) is 0 Å². The average Bonchev–Trinajstić information content (AvgIpc) is 2.67. The lowest BCUT2D eigenvalue weighted by atomic mass is 9.98. The maximum Gasteiger partial charge on any atom is 0.118 e. The third-order valence-electron chi connectivity index (χ3n) is 3.43. The Kier molecular flexibility index (Phi) is 5.55. The minimum absolute atomic E-state index is 0.109. The van der Waals surface area contributed by atoms with Gasteiger partial charge in [0.05, 0.1) is 12.7 Å². The van der Waals surface area contributed by atoms with Crippen molar-refractivity contribution in [1.82, 2.24) is 10.2 Å². The molecule has 1 aliphatic heterocycles. The summed E-state index contributed by atoms with van der Waals surface area (Å²) in [5.74, 6) is 0.403. The molecule has 1 rings (SSSR count). The van der Waals surface area contributed by atoms with Gasteiger partial charge in [0.2, 0.25) is 0 Å². The molecule has 2 N–H and O–H groups in total. The van der Waals surface area contributed by atoms with Crippen LogP contribution in [0.25, 0.3) is 0 Å². The van der Waals surface area contributed by atoms with E-state index in [2.05, 4.69) is 41.7 Å². The van der Waals surface area contributed by atoms with E-state index in [1.807, 2.05) is 26.3 Å². The maximum atomic E-state index is 7.01. The second-order valence-electron chi connectivity index (χ2n) is 4.52. The highest BCUT2D eigenvalue weighted by atomic mass is 15.2. The van der Waals surface area contributed by atoms with E-state index in [0.29, 0.717) is 5.92 Å². The number of aliphatic imine (C=N–C) groups is 1. The van der Waals surface area contributed by atoms with Gasteiger partial charge >= 0.3 is 0 Å². The van der Waals surface area contributed by atoms with Crippen LogP contribution in [0.15, 0.2) is 40.7 Å². The Hall–Kier alpha value is -1.84. The van der Waals surface area contributed by atoms with Gasteiger partial charge in [-0.2, -0.15) is 0 Å². The molecular weight excluding hydrogens is 236 g/mol. The highest BCUT2D eigenvalue weighted by Gasteiger charge is 2.29. The lowest BCUT2D eigenvalue weighted by Crippen LogP contribution is -2.24. The Balaban J connectivity index is 3.05. The molecular formula is C15H24N4. The first-order chi connectivity index (χ1) is 9.10. The first-order valence-corrected chi connectivity index (χ1v) is 6.69. The molecule has 1 heterocycles. The van der Waals surface area contributed by atoms with Gasteiger partial charge in [-0.25, -0.2) is 0 Å². The van der Waals surface area contributed by atoms with Gasteiger partial charge in [-0.15, -0.1) is 0 Å². The van der Waals surface area contributed by atoms with Gasteiger partial charge in [-0.05, 0) is 31.9 Å². The molecule has 0 spiro atoms. The van der Waals surface area contributed by atoms with Gasteiger partial charge < -0.3 is 10.2 Å². The van der Waals surface area contributed by atoms with E-state index in [1.165, 1.54) is 11.3 Å². The number of hydrogen-bond acceptors (Lipinski definition) is 2. The first-order valence-electron chi connectivity index (χ1n) is 6.69. The standard InChI is InChI=1S/C15H24N4/c1-6-13-11(4)14(7-2)19(15(13)8-3)10-18-12(5)17-9-16/h7-12H,3,6H2,1-2,4-5H3,(H2,16,17)/b14-7+,18-10?. The van der Waals surface area contributed by atoms with Crippen LogP contribution in [-0.4, -0.2) is 23.7 Å². The quantitative estimate of drug-likeness (QED) is 0.569. The lowest BCUT2D eigenvalue weighted by molar-refractivity contribution is 0.618. The molecule has 0 aromatic heterocycles. The fourth-order valence-corrected chi connectivity index (χ4v) is 2.47. The van der Waals surface area contributed by atoms with Crippen LogP contribution in [0.3, 0.4) is 0 Å². The van der Waals surface area contributed by atoms with Crippen molar-refractivity contribution in [2.24, 2.45) is 10.9 Å². The van der Waals surface area contributed by atoms with Crippen LogP contribution in [0.2, 0.25) is 0 Å². The van der Waals surface area contributed by atoms with Gasteiger partial charge in [0.25, 0.3) is 0 Å². The summed E-state index contributed by atoms with van der Waals surface area (Å²) in [5, 5.41) is 9.83. The van der Waals surface area contributed by atoms with Gasteiger partial charge in [0, 0.05) is 17.3 Å². The molecule has 0 bridgehead atoms. The molecule has 2 atom stereocenters. The van der Waals surface area contributed by atoms with Crippen LogP contribution in [0.4, 0.5) is 0 Å². The fourth-order valence-electron chi connectivity index (χ4n) is 2.47. The monoisotopic (exact) mass is 260 g/mol. The summed E-state index contributed by atoms with van der Waals surface area (Å²) in [5.41, 5.74) is 3.76. The molecule has 0 aliphatic carbocycles. The summed E-state index contributed by atoms with van der Waals surface area (Å²) >= 11 is 0. The number of hydrogen-bond donors (Lipinski definition) is 2. The maximum absolute atomic E-state index is 7.01. The van der Waals surface area contributed by atoms with Crippen LogP contribution in [0, 0.1) is 11.3 Å². The Labute approximate surface area is 116 Å². The predicted molar refractivity (Wildman–Crippen MR) is 82.1 cm³/mol. The molecule has 0 fully saturated rings. The zero-order chi connectivity index (χ0) is 14.4. The van der Waals surface area contributed by atoms with E-state index < -0.39 is 0 Å². The first kappa shape index (κ1) is 15.2. The molecule has 4 heteroatoms. The highest BCUT2D eigenvalue weighted by molar-refractivity contribution is 5.66. The van der Waals surface area contributed by atoms with Gasteiger partial charge in [-0.1, -0.05) is 26.5 Å². The Bertz CT molecular complexity index is 431. The van der Waals surface area contributed by atoms with Crippen LogP contribution < -0.4 is 5.32 Å². The van der Waals surface area contributed by atoms with E-state index in [0.717, 1.165) is 18.5 Å². The zero-order valence-electron chi connectivity index (χ0n) is 12.3. The minimum Gasteiger partial charge on any atom is -0.355 e. The zero-order valence-corrected chi connectivity index (χ0v) is 12.3. The fraction of sp³-hybridized carbons (Fsp3) is 0.467. The second kappa shape index (κ2) is 6.92. The van der Waals surface area contributed by atoms with E-state index in [4.69, 9.17) is 5.41 Å². The molecule has 0 saturated carbocycles. The molecule has 1 aliphatic rings. The van der Waals surface area contributed by atoms with E-state index in [-0.39, 0.29) is 6.17 Å². The number of nitrogens with one attached hydrogen (secondary N) is 2. The molecule has 0 aromatic carbocycles. The molecule has 19 heavy (non-hydrogen) atoms. The normalized spacial score (nSPS) is 23.3. The van der Waals surface area contributed by atoms with Crippen molar-refractivity contribution >= 4 is 12.7 Å².